The summed E-state index contributed by atoms with van der Waals surface area (Å²) < 4.78 is 0. The van der Waals surface area contributed by atoms with Crippen LogP contribution in [0.15, 0.2) is 47.6 Å². The van der Waals surface area contributed by atoms with E-state index in [9.17, 15) is 4.79 Å². The van der Waals surface area contributed by atoms with Crippen LogP contribution < -0.4 is 5.43 Å². The molecule has 3 nitrogen and oxygen atoms in total. The lowest BCUT2D eigenvalue weighted by Crippen LogP contribution is -2.16. The van der Waals surface area contributed by atoms with Crippen molar-refractivity contribution in [3.63, 3.8) is 0 Å². The van der Waals surface area contributed by atoms with E-state index in [4.69, 9.17) is 0 Å². The van der Waals surface area contributed by atoms with Gasteiger partial charge in [-0.2, -0.15) is 5.10 Å². The molecule has 0 radical (unpaired) electrons. The van der Waals surface area contributed by atoms with E-state index in [1.807, 2.05) is 24.3 Å². The first-order valence-electron chi connectivity index (χ1n) is 12.1. The highest BCUT2D eigenvalue weighted by molar-refractivity contribution is 5.99. The third-order valence-corrected chi connectivity index (χ3v) is 5.72. The number of nitrogens with one attached hydrogen (secondary N) is 1. The van der Waals surface area contributed by atoms with Gasteiger partial charge in [-0.25, -0.2) is 5.43 Å². The van der Waals surface area contributed by atoms with Gasteiger partial charge < -0.3 is 0 Å². The molecule has 1 N–H and O–H groups in total. The molecule has 0 saturated heterocycles. The SMILES string of the molecule is CCCCCCCCCCCCCCCC(=O)N/N=C/c1cccc2ccccc12. The summed E-state index contributed by atoms with van der Waals surface area (Å²) in [5.41, 5.74) is 3.69. The van der Waals surface area contributed by atoms with E-state index in [-0.39, 0.29) is 5.91 Å². The number of hydrogen-bond acceptors (Lipinski definition) is 2. The summed E-state index contributed by atoms with van der Waals surface area (Å²) in [6.07, 6.45) is 19.4. The molecule has 3 heteroatoms. The standard InChI is InChI=1S/C27H40N2O/c1-2-3-4-5-6-7-8-9-10-11-12-13-14-22-27(30)29-28-23-25-20-17-19-24-18-15-16-21-26(24)25/h15-21,23H,2-14,22H2,1H3,(H,29,30)/b28-23+. The number of unbranched alkanes of at least 4 members (excludes halogenated alkanes) is 12. The third kappa shape index (κ3) is 10.0. The second-order valence-electron chi connectivity index (χ2n) is 8.35. The van der Waals surface area contributed by atoms with Gasteiger partial charge in [-0.15, -0.1) is 0 Å². The Labute approximate surface area is 183 Å². The second kappa shape index (κ2) is 15.6. The van der Waals surface area contributed by atoms with Crippen LogP contribution in [0.25, 0.3) is 10.8 Å². The van der Waals surface area contributed by atoms with Crippen LogP contribution in [0.1, 0.15) is 102 Å². The van der Waals surface area contributed by atoms with E-state index in [1.54, 1.807) is 6.21 Å². The monoisotopic (exact) mass is 408 g/mol. The van der Waals surface area contributed by atoms with Crippen molar-refractivity contribution in [3.05, 3.63) is 48.0 Å². The molecule has 0 fully saturated rings. The van der Waals surface area contributed by atoms with E-state index in [0.717, 1.165) is 23.8 Å². The molecule has 2 rings (SSSR count). The minimum atomic E-state index is 0.00885. The molecule has 0 saturated carbocycles. The second-order valence-corrected chi connectivity index (χ2v) is 8.35. The zero-order valence-electron chi connectivity index (χ0n) is 18.9. The maximum Gasteiger partial charge on any atom is 0.240 e. The first-order valence-corrected chi connectivity index (χ1v) is 12.1. The molecule has 0 heterocycles. The van der Waals surface area contributed by atoms with Crippen molar-refractivity contribution in [2.75, 3.05) is 0 Å². The molecule has 0 aromatic heterocycles. The molecule has 0 aliphatic rings. The van der Waals surface area contributed by atoms with Crippen molar-refractivity contribution in [2.45, 2.75) is 96.8 Å². The highest BCUT2D eigenvalue weighted by Gasteiger charge is 2.01. The molecule has 2 aromatic rings. The molecular weight excluding hydrogens is 368 g/mol. The number of rotatable bonds is 16. The molecule has 0 spiro atoms. The average Bonchev–Trinajstić information content (AvgIpc) is 2.77. The molecule has 0 unspecified atom stereocenters. The van der Waals surface area contributed by atoms with Crippen LogP contribution >= 0.6 is 0 Å². The number of carbonyl (C=O) groups excluding carboxylic acids is 1. The van der Waals surface area contributed by atoms with Gasteiger partial charge in [0.25, 0.3) is 0 Å². The molecule has 164 valence electrons. The summed E-state index contributed by atoms with van der Waals surface area (Å²) >= 11 is 0. The van der Waals surface area contributed by atoms with Crippen molar-refractivity contribution < 1.29 is 4.79 Å². The van der Waals surface area contributed by atoms with Gasteiger partial charge in [0.2, 0.25) is 5.91 Å². The van der Waals surface area contributed by atoms with Gasteiger partial charge in [0, 0.05) is 12.0 Å². The minimum Gasteiger partial charge on any atom is -0.273 e. The van der Waals surface area contributed by atoms with Crippen LogP contribution in [-0.4, -0.2) is 12.1 Å². The highest BCUT2D eigenvalue weighted by atomic mass is 16.2. The fraction of sp³-hybridized carbons (Fsp3) is 0.556. The summed E-state index contributed by atoms with van der Waals surface area (Å²) in [6.45, 7) is 2.27. The Morgan fingerprint density at radius 3 is 2.00 bits per heavy atom. The topological polar surface area (TPSA) is 41.5 Å². The van der Waals surface area contributed by atoms with Crippen LogP contribution in [0, 0.1) is 0 Å². The van der Waals surface area contributed by atoms with Crippen molar-refractivity contribution in [1.29, 1.82) is 0 Å². The van der Waals surface area contributed by atoms with Crippen molar-refractivity contribution in [3.8, 4) is 0 Å². The molecular formula is C27H40N2O. The normalized spacial score (nSPS) is 11.4. The van der Waals surface area contributed by atoms with Gasteiger partial charge in [0.15, 0.2) is 0 Å². The smallest absolute Gasteiger partial charge is 0.240 e. The Morgan fingerprint density at radius 1 is 0.767 bits per heavy atom. The quantitative estimate of drug-likeness (QED) is 0.172. The van der Waals surface area contributed by atoms with E-state index in [1.165, 1.54) is 76.0 Å². The minimum absolute atomic E-state index is 0.00885. The maximum atomic E-state index is 12.0. The molecule has 30 heavy (non-hydrogen) atoms. The largest absolute Gasteiger partial charge is 0.273 e. The Bertz CT molecular complexity index is 748. The fourth-order valence-electron chi connectivity index (χ4n) is 3.90. The Kier molecular flexibility index (Phi) is 12.6. The zero-order chi connectivity index (χ0) is 21.3. The summed E-state index contributed by atoms with van der Waals surface area (Å²) in [5, 5.41) is 6.48. The Balaban J connectivity index is 1.46. The molecule has 2 aromatic carbocycles. The van der Waals surface area contributed by atoms with Gasteiger partial charge >= 0.3 is 0 Å². The number of nitrogens with zero attached hydrogens (tertiary/aromatic N) is 1. The van der Waals surface area contributed by atoms with Crippen LogP contribution in [0.5, 0.6) is 0 Å². The van der Waals surface area contributed by atoms with Crippen LogP contribution in [0.4, 0.5) is 0 Å². The summed E-state index contributed by atoms with van der Waals surface area (Å²) in [5.74, 6) is 0.00885. The summed E-state index contributed by atoms with van der Waals surface area (Å²) in [6, 6.07) is 14.3. The zero-order valence-corrected chi connectivity index (χ0v) is 18.9. The Morgan fingerprint density at radius 2 is 1.33 bits per heavy atom. The van der Waals surface area contributed by atoms with Crippen molar-refractivity contribution in [1.82, 2.24) is 5.43 Å². The predicted molar refractivity (Wildman–Crippen MR) is 130 cm³/mol. The van der Waals surface area contributed by atoms with E-state index >= 15 is 0 Å². The lowest BCUT2D eigenvalue weighted by molar-refractivity contribution is -0.121. The van der Waals surface area contributed by atoms with Gasteiger partial charge in [0.05, 0.1) is 6.21 Å². The first kappa shape index (κ1) is 24.1. The molecule has 0 aliphatic heterocycles. The molecule has 0 bridgehead atoms. The van der Waals surface area contributed by atoms with Crippen molar-refractivity contribution in [2.24, 2.45) is 5.10 Å². The number of carbonyl (C=O) groups is 1. The van der Waals surface area contributed by atoms with E-state index < -0.39 is 0 Å². The lowest BCUT2D eigenvalue weighted by Gasteiger charge is -2.03. The van der Waals surface area contributed by atoms with Crippen LogP contribution in [0.2, 0.25) is 0 Å². The number of fused-ring (bicyclic) bond motifs is 1. The van der Waals surface area contributed by atoms with Gasteiger partial charge in [-0.1, -0.05) is 126 Å². The molecule has 0 atom stereocenters. The molecule has 1 amide bonds. The number of benzene rings is 2. The number of amides is 1. The van der Waals surface area contributed by atoms with Gasteiger partial charge in [-0.3, -0.25) is 4.79 Å². The summed E-state index contributed by atoms with van der Waals surface area (Å²) in [4.78, 5) is 12.0. The maximum absolute atomic E-state index is 12.0. The van der Waals surface area contributed by atoms with E-state index in [2.05, 4.69) is 35.7 Å². The summed E-state index contributed by atoms with van der Waals surface area (Å²) in [7, 11) is 0. The van der Waals surface area contributed by atoms with Crippen LogP contribution in [0.3, 0.4) is 0 Å². The van der Waals surface area contributed by atoms with Crippen LogP contribution in [-0.2, 0) is 4.79 Å². The fourth-order valence-corrected chi connectivity index (χ4v) is 3.90. The molecule has 0 aliphatic carbocycles. The van der Waals surface area contributed by atoms with Gasteiger partial charge in [0.1, 0.15) is 0 Å². The predicted octanol–water partition coefficient (Wildman–Crippen LogP) is 7.77. The number of hydrazone groups is 1. The third-order valence-electron chi connectivity index (χ3n) is 5.72. The highest BCUT2D eigenvalue weighted by Crippen LogP contribution is 2.17. The first-order chi connectivity index (χ1) is 14.8. The van der Waals surface area contributed by atoms with Gasteiger partial charge in [-0.05, 0) is 17.2 Å². The van der Waals surface area contributed by atoms with E-state index in [0.29, 0.717) is 6.42 Å². The number of hydrogen-bond donors (Lipinski definition) is 1. The Hall–Kier alpha value is -2.16. The lowest BCUT2D eigenvalue weighted by atomic mass is 10.0. The van der Waals surface area contributed by atoms with Crippen molar-refractivity contribution >= 4 is 22.9 Å². The average molecular weight is 409 g/mol.